The number of pyridine rings is 3. The van der Waals surface area contributed by atoms with E-state index in [4.69, 9.17) is 15.0 Å². The molecule has 0 atom stereocenters. The van der Waals surface area contributed by atoms with E-state index in [-0.39, 0.29) is 16.7 Å². The van der Waals surface area contributed by atoms with Gasteiger partial charge >= 0.3 is 0 Å². The second-order valence-electron chi connectivity index (χ2n) is 18.0. The maximum absolute atomic E-state index is 13.5. The van der Waals surface area contributed by atoms with E-state index in [0.717, 1.165) is 158 Å². The highest BCUT2D eigenvalue weighted by Crippen LogP contribution is 2.42. The van der Waals surface area contributed by atoms with Crippen molar-refractivity contribution in [1.82, 2.24) is 28.2 Å². The summed E-state index contributed by atoms with van der Waals surface area (Å²) in [4.78, 5) is 55.4. The van der Waals surface area contributed by atoms with Crippen molar-refractivity contribution in [3.63, 3.8) is 0 Å². The van der Waals surface area contributed by atoms with Gasteiger partial charge in [-0.3, -0.25) is 27.6 Å². The molecule has 0 aliphatic heterocycles. The molecule has 10 aromatic rings. The quantitative estimate of drug-likeness (QED) is 0.165. The van der Waals surface area contributed by atoms with Crippen LogP contribution in [0.1, 0.15) is 53.0 Å². The fourth-order valence-electron chi connectivity index (χ4n) is 10.9. The van der Waals surface area contributed by atoms with E-state index in [9.17, 15) is 14.4 Å². The van der Waals surface area contributed by atoms with E-state index in [0.29, 0.717) is 16.9 Å². The van der Waals surface area contributed by atoms with E-state index in [1.165, 1.54) is 0 Å². The number of hydrogen-bond acceptors (Lipinski definition) is 6. The Morgan fingerprint density at radius 1 is 0.318 bits per heavy atom. The Morgan fingerprint density at radius 2 is 0.591 bits per heavy atom. The van der Waals surface area contributed by atoms with Crippen LogP contribution in [0.5, 0.6) is 0 Å². The molecular weight excluding hydrogens is 817 g/mol. The van der Waals surface area contributed by atoms with Gasteiger partial charge in [-0.25, -0.2) is 15.0 Å². The summed E-state index contributed by atoms with van der Waals surface area (Å²) in [6.07, 6.45) is 13.3. The van der Waals surface area contributed by atoms with Crippen molar-refractivity contribution in [1.29, 1.82) is 0 Å². The summed E-state index contributed by atoms with van der Waals surface area (Å²) in [5.74, 6) is 0. The zero-order chi connectivity index (χ0) is 44.0. The van der Waals surface area contributed by atoms with Crippen LogP contribution in [0.2, 0.25) is 0 Å². The Bertz CT molecular complexity index is 3480. The number of nitrogens with zero attached hydrogens (tertiary/aromatic N) is 6. The Hall–Kier alpha value is -8.04. The van der Waals surface area contributed by atoms with E-state index in [1.54, 1.807) is 13.2 Å². The molecule has 13 rings (SSSR count). The van der Waals surface area contributed by atoms with Crippen LogP contribution in [0.15, 0.2) is 160 Å². The predicted octanol–water partition coefficient (Wildman–Crippen LogP) is 10.2. The fourth-order valence-corrected chi connectivity index (χ4v) is 10.9. The average Bonchev–Trinajstić information content (AvgIpc) is 4.16. The van der Waals surface area contributed by atoms with Gasteiger partial charge in [0.2, 0.25) is 0 Å². The van der Waals surface area contributed by atoms with Crippen LogP contribution in [0, 0.1) is 0 Å². The fraction of sp³-hybridized carbons (Fsp3) is 0.158. The van der Waals surface area contributed by atoms with Crippen LogP contribution < -0.4 is 16.7 Å². The van der Waals surface area contributed by atoms with Gasteiger partial charge in [0.15, 0.2) is 0 Å². The molecule has 9 heteroatoms. The van der Waals surface area contributed by atoms with E-state index < -0.39 is 0 Å². The van der Waals surface area contributed by atoms with Gasteiger partial charge in [-0.15, -0.1) is 0 Å². The maximum atomic E-state index is 13.5. The van der Waals surface area contributed by atoms with Gasteiger partial charge in [0, 0.05) is 35.3 Å². The number of benzene rings is 4. The van der Waals surface area contributed by atoms with Crippen molar-refractivity contribution >= 4 is 16.9 Å². The molecule has 66 heavy (non-hydrogen) atoms. The first-order chi connectivity index (χ1) is 32.4. The van der Waals surface area contributed by atoms with Gasteiger partial charge in [0.05, 0.1) is 17.1 Å². The highest BCUT2D eigenvalue weighted by atomic mass is 16.1. The number of aryl methyl sites for hydroxylation is 3. The van der Waals surface area contributed by atoms with Crippen LogP contribution in [0.25, 0.3) is 83.7 Å². The second-order valence-corrected chi connectivity index (χ2v) is 18.0. The molecular formula is C57H42N6O3. The molecule has 0 bridgehead atoms. The van der Waals surface area contributed by atoms with Crippen molar-refractivity contribution in [3.05, 3.63) is 211 Å². The standard InChI is InChI=1S/C57H42N6O3/c64-55-46-16-7-19-49(46)58-52-31-34(22-25-61(52)55)40-10-1-4-13-43(40)37-28-38(44-14-5-2-11-41(44)35-23-26-62-53(32-35)59-50-20-8-17-47(50)56(62)65)30-39(29-37)45-15-6-3-12-42(45)36-24-27-63-54(33-36)60-51-21-9-18-48(51)57(63)66/h1-6,10-15,22-33H,7-9,16-21H2. The van der Waals surface area contributed by atoms with E-state index in [1.807, 2.05) is 55.0 Å². The second kappa shape index (κ2) is 15.0. The molecule has 0 N–H and O–H groups in total. The van der Waals surface area contributed by atoms with Crippen LogP contribution in [0.4, 0.5) is 0 Å². The van der Waals surface area contributed by atoms with Gasteiger partial charge in [-0.05, 0) is 179 Å². The topological polar surface area (TPSA) is 103 Å². The third kappa shape index (κ3) is 6.14. The van der Waals surface area contributed by atoms with Crippen molar-refractivity contribution in [2.24, 2.45) is 0 Å². The average molecular weight is 859 g/mol. The molecule has 4 aromatic carbocycles. The first-order valence-electron chi connectivity index (χ1n) is 23.0. The molecule has 9 nitrogen and oxygen atoms in total. The van der Waals surface area contributed by atoms with Crippen LogP contribution in [-0.4, -0.2) is 28.2 Å². The first-order valence-corrected chi connectivity index (χ1v) is 23.0. The summed E-state index contributed by atoms with van der Waals surface area (Å²) in [5, 5.41) is 0. The Morgan fingerprint density at radius 3 is 0.879 bits per heavy atom. The smallest absolute Gasteiger partial charge is 0.261 e. The minimum Gasteiger partial charge on any atom is -0.269 e. The molecule has 3 aliphatic carbocycles. The highest BCUT2D eigenvalue weighted by Gasteiger charge is 2.23. The SMILES string of the molecule is O=c1c2c(nc3cc(-c4ccccc4-c4cc(-c5ccccc5-c5ccn6c(=O)c7c(nc6c5)CCC7)cc(-c5ccccc5-c5ccn6c(=O)c7c(nc6c5)CCC7)c4)ccn13)CCC2. The minimum atomic E-state index is 0.0262. The lowest BCUT2D eigenvalue weighted by molar-refractivity contribution is 0.899. The highest BCUT2D eigenvalue weighted by molar-refractivity contribution is 5.94. The van der Waals surface area contributed by atoms with Crippen molar-refractivity contribution in [2.75, 3.05) is 0 Å². The normalized spacial score (nSPS) is 14.0. The lowest BCUT2D eigenvalue weighted by atomic mass is 9.86. The van der Waals surface area contributed by atoms with Gasteiger partial charge in [0.1, 0.15) is 16.9 Å². The summed E-state index contributed by atoms with van der Waals surface area (Å²) in [5.41, 5.74) is 19.4. The minimum absolute atomic E-state index is 0.0262. The third-order valence-corrected chi connectivity index (χ3v) is 14.1. The molecule has 0 saturated heterocycles. The van der Waals surface area contributed by atoms with E-state index in [2.05, 4.69) is 91.0 Å². The van der Waals surface area contributed by atoms with E-state index >= 15 is 0 Å². The lowest BCUT2D eigenvalue weighted by Crippen LogP contribution is -2.19. The van der Waals surface area contributed by atoms with Crippen molar-refractivity contribution in [3.8, 4) is 66.8 Å². The van der Waals surface area contributed by atoms with Gasteiger partial charge in [0.25, 0.3) is 16.7 Å². The lowest BCUT2D eigenvalue weighted by Gasteiger charge is -2.18. The van der Waals surface area contributed by atoms with Crippen LogP contribution >= 0.6 is 0 Å². The number of aromatic nitrogens is 6. The van der Waals surface area contributed by atoms with Gasteiger partial charge in [-0.1, -0.05) is 72.8 Å². The molecule has 0 fully saturated rings. The van der Waals surface area contributed by atoms with Gasteiger partial charge in [-0.2, -0.15) is 0 Å². The summed E-state index contributed by atoms with van der Waals surface area (Å²) in [6, 6.07) is 44.3. The molecule has 0 spiro atoms. The Kier molecular flexibility index (Phi) is 8.75. The summed E-state index contributed by atoms with van der Waals surface area (Å²) >= 11 is 0. The molecule has 6 heterocycles. The number of hydrogen-bond donors (Lipinski definition) is 0. The molecule has 0 saturated carbocycles. The zero-order valence-electron chi connectivity index (χ0n) is 36.1. The Balaban J connectivity index is 1.01. The van der Waals surface area contributed by atoms with Crippen LogP contribution in [-0.2, 0) is 38.5 Å². The summed E-state index contributed by atoms with van der Waals surface area (Å²) < 4.78 is 5.04. The first kappa shape index (κ1) is 38.4. The largest absolute Gasteiger partial charge is 0.269 e. The summed E-state index contributed by atoms with van der Waals surface area (Å²) in [7, 11) is 0. The number of rotatable bonds is 6. The van der Waals surface area contributed by atoms with Crippen LogP contribution in [0.3, 0.4) is 0 Å². The molecule has 6 aromatic heterocycles. The molecule has 318 valence electrons. The molecule has 3 aliphatic rings. The Labute approximate surface area is 379 Å². The monoisotopic (exact) mass is 858 g/mol. The molecule has 0 amide bonds. The summed E-state index contributed by atoms with van der Waals surface area (Å²) in [6.45, 7) is 0. The molecule has 0 unspecified atom stereocenters. The van der Waals surface area contributed by atoms with Crippen molar-refractivity contribution in [2.45, 2.75) is 57.8 Å². The predicted molar refractivity (Wildman–Crippen MR) is 260 cm³/mol. The van der Waals surface area contributed by atoms with Gasteiger partial charge < -0.3 is 0 Å². The third-order valence-electron chi connectivity index (χ3n) is 14.1. The maximum Gasteiger partial charge on any atom is 0.261 e. The van der Waals surface area contributed by atoms with Crippen molar-refractivity contribution < 1.29 is 0 Å². The zero-order valence-corrected chi connectivity index (χ0v) is 36.1. The molecule has 0 radical (unpaired) electrons. The number of fused-ring (bicyclic) bond motifs is 6.